The third-order valence-corrected chi connectivity index (χ3v) is 10.9. The summed E-state index contributed by atoms with van der Waals surface area (Å²) in [7, 11) is 8.12. The molecule has 0 amide bonds. The van der Waals surface area contributed by atoms with E-state index in [0.29, 0.717) is 16.2 Å². The molecule has 0 unspecified atom stereocenters. The Balaban J connectivity index is -0.0000000447. The summed E-state index contributed by atoms with van der Waals surface area (Å²) >= 11 is 0. The van der Waals surface area contributed by atoms with E-state index in [1.807, 2.05) is 173 Å². The minimum absolute atomic E-state index is 0. The third-order valence-electron chi connectivity index (χ3n) is 10.9. The van der Waals surface area contributed by atoms with E-state index in [1.54, 1.807) is 21.3 Å². The van der Waals surface area contributed by atoms with Gasteiger partial charge in [0, 0.05) is 302 Å². The van der Waals surface area contributed by atoms with Gasteiger partial charge >= 0.3 is 0 Å². The number of rotatable bonds is 10. The largest absolute Gasteiger partial charge is 0.400 e. The SMILES string of the molecule is C.CC.CC.CC.CC.CC.CC.CC.CC.CC(C)(C)C.CC(C)(C)C.CC(C)(C)C.CO.CO.CO.COC(C)(C)C.COC(C)(C)C.COC(C)(C)C.[W].[W].[W].[Y].[Y].[Y].[Y].[Y].[Y].c1ccc(Cc2cc(Cc3ccccc3)cc(Cc3ccccc3)c2)cc1.c1ccc(Cc2ccccc2)cc1.c1ccc(Cc2ccccc2)cc1. The number of hydrogen-bond acceptors (Lipinski definition) is 6. The molecule has 8 aromatic rings. The standard InChI is InChI=1S/C27H24.2C13H12.3C5H12O.3C5H12.8C2H6.3CH4O.CH4.3W.6Y/c1-4-10-22(11-5-1)16-25-19-26(17-23-12-6-2-7-13-23)21-27(20-25)18-24-14-8-3-9-15-24;2*1-3-7-12(8-4-1)11-13-9-5-2-6-10-13;3*1-5(2,3)6-4;3*1-5(2,3)4;11*1-2;;;;;;;;;;/h1-15,19-21H,16-18H2;2*1-10H,11H2;3*1-4H3;3*1-4H3;8*1-2H3;3*2H,1H3;1H4;;;;;;;;;. The van der Waals surface area contributed by atoms with E-state index in [-0.39, 0.29) is 284 Å². The Labute approximate surface area is 932 Å². The molecule has 0 aliphatic rings. The Morgan fingerprint density at radius 2 is 0.254 bits per heavy atom. The van der Waals surface area contributed by atoms with Crippen molar-refractivity contribution in [2.45, 2.75) is 313 Å². The molecule has 0 atom stereocenters. The van der Waals surface area contributed by atoms with Crippen LogP contribution in [0.1, 0.15) is 319 Å². The maximum Gasteiger partial charge on any atom is 0.0594 e. The predicted molar refractivity (Wildman–Crippen MR) is 503 cm³/mol. The number of benzene rings is 8. The summed E-state index contributed by atoms with van der Waals surface area (Å²) < 4.78 is 14.8. The van der Waals surface area contributed by atoms with Crippen LogP contribution in [-0.4, -0.2) is 74.8 Å². The van der Waals surface area contributed by atoms with Crippen molar-refractivity contribution in [3.8, 4) is 0 Å². The summed E-state index contributed by atoms with van der Waals surface area (Å²) in [6.07, 6.45) is 4.99. The zero-order valence-corrected chi connectivity index (χ0v) is 110. The van der Waals surface area contributed by atoms with Crippen molar-refractivity contribution in [2.75, 3.05) is 42.7 Å². The van der Waals surface area contributed by atoms with Crippen LogP contribution in [0.3, 0.4) is 0 Å². The number of aliphatic hydroxyl groups excluding tert-OH is 3. The summed E-state index contributed by atoms with van der Waals surface area (Å²) in [5.41, 5.74) is 15.4. The minimum atomic E-state index is 0. The Morgan fingerprint density at radius 1 is 0.186 bits per heavy atom. The molecular formula is C103H184O6W3Y6. The van der Waals surface area contributed by atoms with Gasteiger partial charge in [-0.15, -0.1) is 0 Å². The molecule has 0 aliphatic heterocycles. The van der Waals surface area contributed by atoms with E-state index in [9.17, 15) is 0 Å². The topological polar surface area (TPSA) is 88.4 Å². The molecule has 0 saturated heterocycles. The second-order valence-electron chi connectivity index (χ2n) is 29.4. The fourth-order valence-electron chi connectivity index (χ4n) is 6.50. The van der Waals surface area contributed by atoms with Crippen LogP contribution < -0.4 is 0 Å². The van der Waals surface area contributed by atoms with E-state index in [2.05, 4.69) is 314 Å². The van der Waals surface area contributed by atoms with Gasteiger partial charge in [-0.25, -0.2) is 0 Å². The molecule has 0 spiro atoms. The molecule has 118 heavy (non-hydrogen) atoms. The zero-order chi connectivity index (χ0) is 87.3. The van der Waals surface area contributed by atoms with Crippen molar-refractivity contribution in [1.82, 2.24) is 0 Å². The van der Waals surface area contributed by atoms with Gasteiger partial charge in [-0.2, -0.15) is 0 Å². The Hall–Kier alpha value is 2.21. The van der Waals surface area contributed by atoms with E-state index in [1.165, 1.54) is 55.6 Å². The van der Waals surface area contributed by atoms with Crippen LogP contribution in [-0.2, 0) is 306 Å². The number of methoxy groups -OCH3 is 3. The summed E-state index contributed by atoms with van der Waals surface area (Å²) in [5, 5.41) is 21.0. The monoisotopic (exact) mass is 2600 g/mol. The van der Waals surface area contributed by atoms with Crippen molar-refractivity contribution >= 4 is 0 Å². The first-order chi connectivity index (χ1) is 50.9. The van der Waals surface area contributed by atoms with Crippen LogP contribution in [0.2, 0.25) is 0 Å². The average molecular weight is 2600 g/mol. The molecule has 8 aromatic carbocycles. The molecule has 0 saturated carbocycles. The van der Waals surface area contributed by atoms with Gasteiger partial charge in [0.25, 0.3) is 0 Å². The molecule has 0 aromatic heterocycles. The van der Waals surface area contributed by atoms with Crippen molar-refractivity contribution < 1.29 is 289 Å². The Bertz CT molecular complexity index is 2490. The van der Waals surface area contributed by atoms with Gasteiger partial charge in [0.1, 0.15) is 0 Å². The van der Waals surface area contributed by atoms with Gasteiger partial charge in [0.2, 0.25) is 0 Å². The fourth-order valence-corrected chi connectivity index (χ4v) is 6.50. The maximum atomic E-state index is 7.00. The second kappa shape index (κ2) is 128. The molecule has 8 rings (SSSR count). The van der Waals surface area contributed by atoms with Crippen LogP contribution in [0.5, 0.6) is 0 Å². The second-order valence-corrected chi connectivity index (χ2v) is 29.4. The minimum Gasteiger partial charge on any atom is -0.400 e. The zero-order valence-electron chi connectivity index (χ0n) is 83.7. The smallest absolute Gasteiger partial charge is 0.0594 e. The van der Waals surface area contributed by atoms with Crippen molar-refractivity contribution in [3.05, 3.63) is 286 Å². The predicted octanol–water partition coefficient (Wildman–Crippen LogP) is 31.1. The van der Waals surface area contributed by atoms with Gasteiger partial charge in [-0.3, -0.25) is 0 Å². The summed E-state index contributed by atoms with van der Waals surface area (Å²) in [5.74, 6) is 0. The molecular weight excluding hydrogens is 2420 g/mol. The van der Waals surface area contributed by atoms with Gasteiger partial charge in [0.05, 0.1) is 16.8 Å². The molecule has 0 bridgehead atoms. The molecule has 6 radical (unpaired) electrons. The Morgan fingerprint density at radius 3 is 0.322 bits per heavy atom. The first-order valence-electron chi connectivity index (χ1n) is 40.3. The summed E-state index contributed by atoms with van der Waals surface area (Å²) in [4.78, 5) is 0. The summed E-state index contributed by atoms with van der Waals surface area (Å²) in [6, 6.07) is 81.4. The van der Waals surface area contributed by atoms with Crippen LogP contribution in [0.25, 0.3) is 0 Å². The van der Waals surface area contributed by atoms with Gasteiger partial charge in [-0.1, -0.05) is 432 Å². The van der Waals surface area contributed by atoms with E-state index in [4.69, 9.17) is 29.5 Å². The molecule has 0 fully saturated rings. The molecule has 668 valence electrons. The summed E-state index contributed by atoms with van der Waals surface area (Å²) in [6.45, 7) is 76.4. The average Bonchev–Trinajstić information content (AvgIpc) is 0.840. The van der Waals surface area contributed by atoms with Crippen molar-refractivity contribution in [1.29, 1.82) is 0 Å². The molecule has 0 aliphatic carbocycles. The number of hydrogen-bond donors (Lipinski definition) is 3. The van der Waals surface area contributed by atoms with E-state index < -0.39 is 0 Å². The van der Waals surface area contributed by atoms with Crippen molar-refractivity contribution in [2.24, 2.45) is 16.2 Å². The Kier molecular flexibility index (Phi) is 192. The molecule has 0 heterocycles. The first-order valence-corrected chi connectivity index (χ1v) is 40.3. The van der Waals surface area contributed by atoms with Gasteiger partial charge in [0.15, 0.2) is 0 Å². The molecule has 3 N–H and O–H groups in total. The van der Waals surface area contributed by atoms with Crippen LogP contribution in [0.4, 0.5) is 0 Å². The van der Waals surface area contributed by atoms with Gasteiger partial charge in [-0.05, 0) is 166 Å². The van der Waals surface area contributed by atoms with Crippen LogP contribution in [0.15, 0.2) is 231 Å². The molecule has 6 nitrogen and oxygen atoms in total. The number of ether oxygens (including phenoxy) is 3. The van der Waals surface area contributed by atoms with Crippen LogP contribution >= 0.6 is 0 Å². The molecule has 15 heteroatoms. The fraction of sp³-hybridized carbons (Fsp3) is 0.534. The van der Waals surface area contributed by atoms with E-state index >= 15 is 0 Å². The van der Waals surface area contributed by atoms with E-state index in [0.717, 1.165) is 53.4 Å². The number of aliphatic hydroxyl groups is 3. The third kappa shape index (κ3) is 165. The van der Waals surface area contributed by atoms with Crippen molar-refractivity contribution in [3.63, 3.8) is 0 Å². The maximum absolute atomic E-state index is 7.00. The quantitative estimate of drug-likeness (QED) is 0.126. The normalized spacial score (nSPS) is 8.53. The van der Waals surface area contributed by atoms with Gasteiger partial charge < -0.3 is 29.5 Å². The van der Waals surface area contributed by atoms with Crippen LogP contribution in [0, 0.1) is 16.2 Å². The first kappa shape index (κ1) is 177.